The third-order valence-electron chi connectivity index (χ3n) is 6.73. The summed E-state index contributed by atoms with van der Waals surface area (Å²) in [4.78, 5) is 17.8. The highest BCUT2D eigenvalue weighted by molar-refractivity contribution is 5.23. The molecule has 0 radical (unpaired) electrons. The summed E-state index contributed by atoms with van der Waals surface area (Å²) < 4.78 is 4.33. The molecule has 0 saturated carbocycles. The molecular formula is C26H42N6. The van der Waals surface area contributed by atoms with Crippen molar-refractivity contribution in [3.8, 4) is 0 Å². The molecule has 0 saturated heterocycles. The summed E-state index contributed by atoms with van der Waals surface area (Å²) in [7, 11) is 2.06. The fraction of sp³-hybridized carbons (Fsp3) is 0.654. The van der Waals surface area contributed by atoms with E-state index in [0.29, 0.717) is 0 Å². The Kier molecular flexibility index (Phi) is 6.47. The molecule has 3 heterocycles. The molecule has 6 nitrogen and oxygen atoms in total. The van der Waals surface area contributed by atoms with Crippen molar-refractivity contribution >= 4 is 0 Å². The number of aromatic nitrogens is 6. The van der Waals surface area contributed by atoms with Gasteiger partial charge in [-0.1, -0.05) is 48.5 Å². The zero-order chi connectivity index (χ0) is 23.9. The SMILES string of the molecule is Cc1nc(C(C)(C)C)c(CCC(C)(C)c2cn(CCC(C)(C)c3cn(C)c(C)n3)cn2)[nH]1. The van der Waals surface area contributed by atoms with Crippen molar-refractivity contribution in [1.82, 2.24) is 29.1 Å². The summed E-state index contributed by atoms with van der Waals surface area (Å²) >= 11 is 0. The largest absolute Gasteiger partial charge is 0.346 e. The molecular weight excluding hydrogens is 396 g/mol. The van der Waals surface area contributed by atoms with Crippen LogP contribution in [0.4, 0.5) is 0 Å². The van der Waals surface area contributed by atoms with E-state index in [-0.39, 0.29) is 16.2 Å². The van der Waals surface area contributed by atoms with Gasteiger partial charge in [-0.25, -0.2) is 15.0 Å². The van der Waals surface area contributed by atoms with E-state index in [1.807, 2.05) is 13.3 Å². The fourth-order valence-corrected chi connectivity index (χ4v) is 4.16. The number of rotatable bonds is 8. The second-order valence-corrected chi connectivity index (χ2v) is 11.7. The number of H-pyrrole nitrogens is 1. The average Bonchev–Trinajstić information content (AvgIpc) is 3.38. The summed E-state index contributed by atoms with van der Waals surface area (Å²) in [5.41, 5.74) is 4.81. The monoisotopic (exact) mass is 438 g/mol. The molecule has 0 bridgehead atoms. The van der Waals surface area contributed by atoms with E-state index in [0.717, 1.165) is 48.8 Å². The first-order chi connectivity index (χ1) is 14.7. The molecule has 0 atom stereocenters. The van der Waals surface area contributed by atoms with Gasteiger partial charge >= 0.3 is 0 Å². The lowest BCUT2D eigenvalue weighted by Gasteiger charge is -2.24. The van der Waals surface area contributed by atoms with Crippen LogP contribution in [0.1, 0.15) is 95.7 Å². The van der Waals surface area contributed by atoms with Gasteiger partial charge in [-0.3, -0.25) is 0 Å². The van der Waals surface area contributed by atoms with Gasteiger partial charge in [0.15, 0.2) is 0 Å². The Morgan fingerprint density at radius 2 is 1.53 bits per heavy atom. The smallest absolute Gasteiger partial charge is 0.105 e. The molecule has 32 heavy (non-hydrogen) atoms. The highest BCUT2D eigenvalue weighted by Crippen LogP contribution is 2.31. The van der Waals surface area contributed by atoms with Gasteiger partial charge in [0, 0.05) is 47.9 Å². The van der Waals surface area contributed by atoms with Crippen LogP contribution < -0.4 is 0 Å². The Bertz CT molecular complexity index is 1040. The molecule has 6 heteroatoms. The number of hydrogen-bond donors (Lipinski definition) is 1. The molecule has 1 N–H and O–H groups in total. The molecule has 0 spiro atoms. The van der Waals surface area contributed by atoms with E-state index < -0.39 is 0 Å². The minimum atomic E-state index is -0.00691. The first kappa shape index (κ1) is 24.3. The van der Waals surface area contributed by atoms with E-state index in [4.69, 9.17) is 15.0 Å². The Hall–Kier alpha value is -2.37. The van der Waals surface area contributed by atoms with Crippen LogP contribution in [-0.2, 0) is 36.3 Å². The maximum Gasteiger partial charge on any atom is 0.105 e. The zero-order valence-electron chi connectivity index (χ0n) is 21.8. The molecule has 3 rings (SSSR count). The molecule has 176 valence electrons. The molecule has 0 fully saturated rings. The summed E-state index contributed by atoms with van der Waals surface area (Å²) in [6.45, 7) is 20.8. The third-order valence-corrected chi connectivity index (χ3v) is 6.73. The Balaban J connectivity index is 1.65. The minimum absolute atomic E-state index is 0.00691. The van der Waals surface area contributed by atoms with Crippen molar-refractivity contribution in [2.45, 2.75) is 104 Å². The number of hydrogen-bond acceptors (Lipinski definition) is 3. The lowest BCUT2D eigenvalue weighted by Crippen LogP contribution is -2.21. The van der Waals surface area contributed by atoms with Gasteiger partial charge in [-0.2, -0.15) is 0 Å². The Morgan fingerprint density at radius 3 is 2.12 bits per heavy atom. The number of nitrogens with zero attached hydrogens (tertiary/aromatic N) is 5. The molecule has 0 aliphatic rings. The van der Waals surface area contributed by atoms with Gasteiger partial charge < -0.3 is 14.1 Å². The van der Waals surface area contributed by atoms with Crippen LogP contribution in [0.2, 0.25) is 0 Å². The van der Waals surface area contributed by atoms with Crippen molar-refractivity contribution in [2.24, 2.45) is 7.05 Å². The lowest BCUT2D eigenvalue weighted by atomic mass is 9.82. The molecule has 3 aromatic heterocycles. The molecule has 0 aliphatic heterocycles. The Morgan fingerprint density at radius 1 is 0.875 bits per heavy atom. The highest BCUT2D eigenvalue weighted by Gasteiger charge is 2.28. The maximum atomic E-state index is 4.79. The maximum absolute atomic E-state index is 4.79. The summed E-state index contributed by atoms with van der Waals surface area (Å²) in [6, 6.07) is 0. The van der Waals surface area contributed by atoms with Gasteiger partial charge in [0.25, 0.3) is 0 Å². The average molecular weight is 439 g/mol. The van der Waals surface area contributed by atoms with Crippen LogP contribution in [0.25, 0.3) is 0 Å². The van der Waals surface area contributed by atoms with Crippen LogP contribution in [0, 0.1) is 13.8 Å². The quantitative estimate of drug-likeness (QED) is 0.503. The zero-order valence-corrected chi connectivity index (χ0v) is 21.8. The predicted octanol–water partition coefficient (Wildman–Crippen LogP) is 5.53. The Labute approximate surface area is 193 Å². The third kappa shape index (κ3) is 5.33. The van der Waals surface area contributed by atoms with Crippen LogP contribution in [0.15, 0.2) is 18.7 Å². The van der Waals surface area contributed by atoms with Crippen LogP contribution in [0.3, 0.4) is 0 Å². The molecule has 0 aliphatic carbocycles. The van der Waals surface area contributed by atoms with Gasteiger partial charge in [-0.15, -0.1) is 0 Å². The van der Waals surface area contributed by atoms with E-state index in [9.17, 15) is 0 Å². The summed E-state index contributed by atoms with van der Waals surface area (Å²) in [6.07, 6.45) is 9.37. The standard InChI is InChI=1S/C26H42N6/c1-18-28-20(23(29-18)24(3,4)5)11-12-25(6,7)21-16-32(17-27-21)14-13-26(8,9)22-15-31(10)19(2)30-22/h15-17H,11-14H2,1-10H3,(H,28,29). The fourth-order valence-electron chi connectivity index (χ4n) is 4.16. The normalized spacial score (nSPS) is 13.2. The number of imidazole rings is 3. The van der Waals surface area contributed by atoms with Crippen molar-refractivity contribution in [3.63, 3.8) is 0 Å². The van der Waals surface area contributed by atoms with E-state index in [1.54, 1.807) is 0 Å². The molecule has 0 aromatic carbocycles. The lowest BCUT2D eigenvalue weighted by molar-refractivity contribution is 0.426. The second-order valence-electron chi connectivity index (χ2n) is 11.7. The predicted molar refractivity (Wildman–Crippen MR) is 131 cm³/mol. The molecule has 0 unspecified atom stereocenters. The number of aryl methyl sites for hydroxylation is 5. The van der Waals surface area contributed by atoms with Crippen LogP contribution in [-0.4, -0.2) is 29.1 Å². The van der Waals surface area contributed by atoms with Crippen LogP contribution >= 0.6 is 0 Å². The molecule has 3 aromatic rings. The first-order valence-electron chi connectivity index (χ1n) is 11.8. The topological polar surface area (TPSA) is 64.3 Å². The van der Waals surface area contributed by atoms with Gasteiger partial charge in [-0.05, 0) is 33.1 Å². The first-order valence-corrected chi connectivity index (χ1v) is 11.8. The van der Waals surface area contributed by atoms with Gasteiger partial charge in [0.2, 0.25) is 0 Å². The van der Waals surface area contributed by atoms with Crippen molar-refractivity contribution < 1.29 is 0 Å². The summed E-state index contributed by atoms with van der Waals surface area (Å²) in [5.74, 6) is 2.06. The highest BCUT2D eigenvalue weighted by atomic mass is 15.1. The van der Waals surface area contributed by atoms with E-state index in [1.165, 1.54) is 11.4 Å². The van der Waals surface area contributed by atoms with Crippen molar-refractivity contribution in [2.75, 3.05) is 0 Å². The van der Waals surface area contributed by atoms with Crippen molar-refractivity contribution in [1.29, 1.82) is 0 Å². The number of aromatic amines is 1. The summed E-state index contributed by atoms with van der Waals surface area (Å²) in [5, 5.41) is 0. The second kappa shape index (κ2) is 8.53. The minimum Gasteiger partial charge on any atom is -0.346 e. The van der Waals surface area contributed by atoms with Crippen molar-refractivity contribution in [3.05, 3.63) is 53.1 Å². The van der Waals surface area contributed by atoms with Gasteiger partial charge in [0.05, 0.1) is 23.4 Å². The number of nitrogens with one attached hydrogen (secondary N) is 1. The van der Waals surface area contributed by atoms with E-state index in [2.05, 4.69) is 88.9 Å². The van der Waals surface area contributed by atoms with Crippen LogP contribution in [0.5, 0.6) is 0 Å². The molecule has 0 amide bonds. The van der Waals surface area contributed by atoms with E-state index >= 15 is 0 Å². The van der Waals surface area contributed by atoms with Gasteiger partial charge in [0.1, 0.15) is 11.6 Å².